The lowest BCUT2D eigenvalue weighted by atomic mass is 10.0. The van der Waals surface area contributed by atoms with Crippen molar-refractivity contribution < 1.29 is 33.6 Å². The van der Waals surface area contributed by atoms with Gasteiger partial charge in [0.1, 0.15) is 30.5 Å². The average Bonchev–Trinajstić information content (AvgIpc) is 3.64. The molecule has 15 heteroatoms. The lowest BCUT2D eigenvalue weighted by molar-refractivity contribution is -0.134. The number of para-hydroxylation sites is 2. The maximum atomic E-state index is 13.9. The van der Waals surface area contributed by atoms with Crippen LogP contribution in [-0.4, -0.2) is 91.6 Å². The van der Waals surface area contributed by atoms with Crippen molar-refractivity contribution in [3.63, 3.8) is 0 Å². The predicted molar refractivity (Wildman–Crippen MR) is 164 cm³/mol. The molecule has 5 amide bonds. The Morgan fingerprint density at radius 3 is 2.46 bits per heavy atom. The number of aliphatic hydroxyl groups is 1. The van der Waals surface area contributed by atoms with Crippen molar-refractivity contribution in [1.29, 1.82) is 0 Å². The van der Waals surface area contributed by atoms with Crippen molar-refractivity contribution >= 4 is 40.6 Å². The van der Waals surface area contributed by atoms with E-state index in [9.17, 15) is 29.1 Å². The number of amides is 5. The van der Waals surface area contributed by atoms with Crippen LogP contribution in [0, 0.1) is 5.92 Å². The molecule has 15 nitrogen and oxygen atoms in total. The minimum Gasteiger partial charge on any atom is -0.391 e. The van der Waals surface area contributed by atoms with Gasteiger partial charge in [0.2, 0.25) is 23.6 Å². The molecule has 2 aromatic heterocycles. The Labute approximate surface area is 265 Å². The zero-order valence-corrected chi connectivity index (χ0v) is 26.3. The first kappa shape index (κ1) is 32.6. The average molecular weight is 637 g/mol. The fourth-order valence-electron chi connectivity index (χ4n) is 5.35. The van der Waals surface area contributed by atoms with Gasteiger partial charge in [0.25, 0.3) is 5.91 Å². The van der Waals surface area contributed by atoms with Gasteiger partial charge in [0, 0.05) is 25.1 Å². The van der Waals surface area contributed by atoms with Gasteiger partial charge in [-0.3, -0.25) is 24.0 Å². The Balaban J connectivity index is 1.43. The summed E-state index contributed by atoms with van der Waals surface area (Å²) in [5.74, 6) is -1.93. The van der Waals surface area contributed by atoms with E-state index in [2.05, 4.69) is 26.4 Å². The summed E-state index contributed by atoms with van der Waals surface area (Å²) in [6.45, 7) is 6.36. The van der Waals surface area contributed by atoms with Gasteiger partial charge in [-0.25, -0.2) is 4.98 Å². The number of imidazole rings is 1. The molecule has 1 saturated carbocycles. The summed E-state index contributed by atoms with van der Waals surface area (Å²) in [6, 6.07) is 5.53. The monoisotopic (exact) mass is 636 g/mol. The second-order valence-corrected chi connectivity index (χ2v) is 12.3. The minimum absolute atomic E-state index is 0.00445. The first-order valence-electron chi connectivity index (χ1n) is 15.5. The smallest absolute Gasteiger partial charge is 0.274 e. The van der Waals surface area contributed by atoms with Gasteiger partial charge in [-0.05, 0) is 44.7 Å². The Morgan fingerprint density at radius 1 is 1.02 bits per heavy atom. The minimum atomic E-state index is -1.42. The van der Waals surface area contributed by atoms with Crippen LogP contribution in [0.4, 0.5) is 0 Å². The van der Waals surface area contributed by atoms with E-state index >= 15 is 0 Å². The largest absolute Gasteiger partial charge is 0.391 e. The van der Waals surface area contributed by atoms with Crippen molar-refractivity contribution in [3.05, 3.63) is 47.6 Å². The molecule has 5 N–H and O–H groups in total. The van der Waals surface area contributed by atoms with Crippen LogP contribution in [-0.2, 0) is 32.3 Å². The number of nitrogens with one attached hydrogen (secondary N) is 4. The Kier molecular flexibility index (Phi) is 9.70. The molecular formula is C31H40N8O7. The molecule has 0 spiro atoms. The first-order chi connectivity index (χ1) is 21.9. The summed E-state index contributed by atoms with van der Waals surface area (Å²) < 4.78 is 7.33. The lowest BCUT2D eigenvalue weighted by Crippen LogP contribution is -2.58. The highest BCUT2D eigenvalue weighted by molar-refractivity contribution is 5.98. The van der Waals surface area contributed by atoms with E-state index in [4.69, 9.17) is 9.51 Å². The number of aliphatic hydroxyl groups excluding tert-OH is 1. The van der Waals surface area contributed by atoms with Crippen molar-refractivity contribution in [2.45, 2.75) is 83.8 Å². The van der Waals surface area contributed by atoms with E-state index in [0.29, 0.717) is 0 Å². The van der Waals surface area contributed by atoms with Crippen LogP contribution >= 0.6 is 0 Å². The molecule has 3 heterocycles. The maximum absolute atomic E-state index is 13.9. The number of rotatable bonds is 5. The number of hydrogen-bond donors (Lipinski definition) is 5. The summed E-state index contributed by atoms with van der Waals surface area (Å²) in [4.78, 5) is 72.3. The van der Waals surface area contributed by atoms with Gasteiger partial charge in [0.15, 0.2) is 11.5 Å². The first-order valence-corrected chi connectivity index (χ1v) is 15.5. The maximum Gasteiger partial charge on any atom is 0.274 e. The fourth-order valence-corrected chi connectivity index (χ4v) is 5.35. The standard InChI is InChI=1S/C31H40N8O7/c1-16(2)25-30(44)32-11-12-38(24(41)15-39-23-8-6-5-7-21(23)34-27(39)19-9-10-19)14-20-13-22(37-46-20)29(43)36-26(18(4)40)31(45)33-17(3)28(42)35-25/h5-8,13,16-19,25-26,40H,9-12,14-15H2,1-4H3,(H,32,44)(H,33,45)(H,35,42)(H,36,43)/t17-,18+,25-,26-/m0/s1. The lowest BCUT2D eigenvalue weighted by Gasteiger charge is -2.27. The summed E-state index contributed by atoms with van der Waals surface area (Å²) in [7, 11) is 0. The molecule has 0 unspecified atom stereocenters. The van der Waals surface area contributed by atoms with Gasteiger partial charge in [-0.2, -0.15) is 0 Å². The summed E-state index contributed by atoms with van der Waals surface area (Å²) in [5.41, 5.74) is 1.47. The molecule has 1 aliphatic heterocycles. The van der Waals surface area contributed by atoms with E-state index in [1.165, 1.54) is 24.8 Å². The third-order valence-electron chi connectivity index (χ3n) is 8.14. The summed E-state index contributed by atoms with van der Waals surface area (Å²) in [5, 5.41) is 24.4. The topological polar surface area (TPSA) is 201 Å². The molecule has 1 aliphatic carbocycles. The normalized spacial score (nSPS) is 22.8. The number of carbonyl (C=O) groups excluding carboxylic acids is 5. The van der Waals surface area contributed by atoms with Crippen molar-refractivity contribution in [2.75, 3.05) is 13.1 Å². The van der Waals surface area contributed by atoms with Crippen LogP contribution < -0.4 is 21.3 Å². The fraction of sp³-hybridized carbons (Fsp3) is 0.516. The Hall–Kier alpha value is -4.79. The molecule has 46 heavy (non-hydrogen) atoms. The summed E-state index contributed by atoms with van der Waals surface area (Å²) in [6.07, 6.45) is 0.679. The van der Waals surface area contributed by atoms with Crippen LogP contribution in [0.5, 0.6) is 0 Å². The van der Waals surface area contributed by atoms with Gasteiger partial charge < -0.3 is 40.4 Å². The second-order valence-electron chi connectivity index (χ2n) is 12.3. The number of hydrogen-bond acceptors (Lipinski definition) is 9. The van der Waals surface area contributed by atoms with E-state index in [1.807, 2.05) is 28.8 Å². The molecule has 0 saturated heterocycles. The highest BCUT2D eigenvalue weighted by Crippen LogP contribution is 2.40. The van der Waals surface area contributed by atoms with Crippen LogP contribution in [0.25, 0.3) is 11.0 Å². The number of benzene rings is 1. The van der Waals surface area contributed by atoms with Crippen LogP contribution in [0.15, 0.2) is 34.9 Å². The number of nitrogens with zero attached hydrogens (tertiary/aromatic N) is 4. The second kappa shape index (κ2) is 13.7. The number of carbonyl (C=O) groups is 5. The molecule has 4 atom stereocenters. The van der Waals surface area contributed by atoms with Crippen molar-refractivity contribution in [3.8, 4) is 0 Å². The molecule has 0 radical (unpaired) electrons. The van der Waals surface area contributed by atoms with E-state index in [-0.39, 0.29) is 55.4 Å². The van der Waals surface area contributed by atoms with E-state index < -0.39 is 47.9 Å². The van der Waals surface area contributed by atoms with Crippen LogP contribution in [0.1, 0.15) is 68.5 Å². The molecule has 246 valence electrons. The van der Waals surface area contributed by atoms with Gasteiger partial charge >= 0.3 is 0 Å². The molecule has 1 fully saturated rings. The van der Waals surface area contributed by atoms with Gasteiger partial charge in [-0.15, -0.1) is 0 Å². The van der Waals surface area contributed by atoms with Gasteiger partial charge in [-0.1, -0.05) is 31.1 Å². The summed E-state index contributed by atoms with van der Waals surface area (Å²) >= 11 is 0. The molecule has 3 aromatic rings. The molecule has 2 bridgehead atoms. The SMILES string of the molecule is CC(C)[C@@H]1NC(=O)[C@H](C)NC(=O)[C@H]([C@@H](C)O)NC(=O)c2cc(on2)CN(C(=O)Cn2c(C3CC3)nc3ccccc32)CCNC1=O. The number of aromatic nitrogens is 3. The Bertz CT molecular complexity index is 1630. The van der Waals surface area contributed by atoms with Gasteiger partial charge in [0.05, 0.1) is 23.7 Å². The Morgan fingerprint density at radius 2 is 1.76 bits per heavy atom. The van der Waals surface area contributed by atoms with Crippen molar-refractivity contribution in [1.82, 2.24) is 40.9 Å². The van der Waals surface area contributed by atoms with Crippen LogP contribution in [0.3, 0.4) is 0 Å². The quantitative estimate of drug-likeness (QED) is 0.259. The molecule has 5 rings (SSSR count). The zero-order valence-electron chi connectivity index (χ0n) is 26.3. The predicted octanol–water partition coefficient (Wildman–Crippen LogP) is 0.185. The zero-order chi connectivity index (χ0) is 33.1. The van der Waals surface area contributed by atoms with E-state index in [1.54, 1.807) is 13.8 Å². The van der Waals surface area contributed by atoms with Crippen LogP contribution in [0.2, 0.25) is 0 Å². The third kappa shape index (κ3) is 7.36. The molecular weight excluding hydrogens is 596 g/mol. The number of fused-ring (bicyclic) bond motifs is 3. The molecule has 2 aliphatic rings. The highest BCUT2D eigenvalue weighted by Gasteiger charge is 2.33. The van der Waals surface area contributed by atoms with E-state index in [0.717, 1.165) is 29.7 Å². The third-order valence-corrected chi connectivity index (χ3v) is 8.14. The molecule has 1 aromatic carbocycles. The highest BCUT2D eigenvalue weighted by atomic mass is 16.5. The van der Waals surface area contributed by atoms with Crippen molar-refractivity contribution in [2.24, 2.45) is 5.92 Å².